The van der Waals surface area contributed by atoms with Crippen molar-refractivity contribution in [1.29, 1.82) is 5.26 Å². The van der Waals surface area contributed by atoms with Crippen LogP contribution in [-0.4, -0.2) is 37.1 Å². The minimum atomic E-state index is 0.388. The summed E-state index contributed by atoms with van der Waals surface area (Å²) >= 11 is 0. The molecule has 0 aliphatic carbocycles. The third-order valence-electron chi connectivity index (χ3n) is 2.44. The van der Waals surface area contributed by atoms with Gasteiger partial charge in [-0.05, 0) is 32.5 Å². The standard InChI is InChI=1S/C10H19N3/c1-2-7-13-8-3-6-12-10(9-13)4-5-11/h10,12H,2-4,6-9H2,1H3. The first-order valence-electron chi connectivity index (χ1n) is 5.19. The van der Waals surface area contributed by atoms with E-state index in [0.29, 0.717) is 12.5 Å². The number of rotatable bonds is 3. The lowest BCUT2D eigenvalue weighted by Crippen LogP contribution is -2.37. The first-order chi connectivity index (χ1) is 6.36. The Morgan fingerprint density at radius 3 is 3.15 bits per heavy atom. The van der Waals surface area contributed by atoms with E-state index >= 15 is 0 Å². The molecule has 0 spiro atoms. The number of nitrogens with zero attached hydrogens (tertiary/aromatic N) is 2. The molecule has 3 heteroatoms. The zero-order chi connectivity index (χ0) is 9.52. The number of nitriles is 1. The zero-order valence-electron chi connectivity index (χ0n) is 8.42. The van der Waals surface area contributed by atoms with Crippen LogP contribution >= 0.6 is 0 Å². The van der Waals surface area contributed by atoms with Gasteiger partial charge in [0.15, 0.2) is 0 Å². The number of hydrogen-bond donors (Lipinski definition) is 1. The van der Waals surface area contributed by atoms with Crippen molar-refractivity contribution >= 4 is 0 Å². The van der Waals surface area contributed by atoms with E-state index in [1.54, 1.807) is 0 Å². The highest BCUT2D eigenvalue weighted by Gasteiger charge is 2.15. The summed E-state index contributed by atoms with van der Waals surface area (Å²) < 4.78 is 0. The lowest BCUT2D eigenvalue weighted by atomic mass is 10.2. The van der Waals surface area contributed by atoms with Crippen molar-refractivity contribution in [2.45, 2.75) is 32.2 Å². The van der Waals surface area contributed by atoms with Crippen molar-refractivity contribution in [2.75, 3.05) is 26.2 Å². The highest BCUT2D eigenvalue weighted by atomic mass is 15.2. The molecule has 3 nitrogen and oxygen atoms in total. The molecule has 0 aromatic heterocycles. The molecule has 13 heavy (non-hydrogen) atoms. The van der Waals surface area contributed by atoms with Gasteiger partial charge < -0.3 is 10.2 Å². The van der Waals surface area contributed by atoms with E-state index in [4.69, 9.17) is 5.26 Å². The van der Waals surface area contributed by atoms with Gasteiger partial charge in [-0.3, -0.25) is 0 Å². The molecule has 1 fully saturated rings. The summed E-state index contributed by atoms with van der Waals surface area (Å²) in [6.07, 6.45) is 3.06. The van der Waals surface area contributed by atoms with Crippen LogP contribution in [0.2, 0.25) is 0 Å². The average Bonchev–Trinajstić information content (AvgIpc) is 2.32. The third kappa shape index (κ3) is 3.75. The van der Waals surface area contributed by atoms with Crippen molar-refractivity contribution in [1.82, 2.24) is 10.2 Å². The zero-order valence-corrected chi connectivity index (χ0v) is 8.42. The molecule has 0 bridgehead atoms. The lowest BCUT2D eigenvalue weighted by molar-refractivity contribution is 0.269. The van der Waals surface area contributed by atoms with Crippen LogP contribution in [-0.2, 0) is 0 Å². The maximum atomic E-state index is 8.62. The van der Waals surface area contributed by atoms with E-state index in [0.717, 1.165) is 13.1 Å². The van der Waals surface area contributed by atoms with Crippen LogP contribution in [0.15, 0.2) is 0 Å². The molecule has 1 saturated heterocycles. The molecule has 0 aromatic carbocycles. The Morgan fingerprint density at radius 1 is 1.62 bits per heavy atom. The minimum absolute atomic E-state index is 0.388. The summed E-state index contributed by atoms with van der Waals surface area (Å²) in [5, 5.41) is 12.0. The van der Waals surface area contributed by atoms with Gasteiger partial charge in [-0.25, -0.2) is 0 Å². The van der Waals surface area contributed by atoms with Gasteiger partial charge in [-0.2, -0.15) is 5.26 Å². The van der Waals surface area contributed by atoms with Crippen LogP contribution in [0.25, 0.3) is 0 Å². The van der Waals surface area contributed by atoms with E-state index in [9.17, 15) is 0 Å². The highest BCUT2D eigenvalue weighted by Crippen LogP contribution is 2.03. The SMILES string of the molecule is CCCN1CCCNC(CC#N)C1. The second-order valence-corrected chi connectivity index (χ2v) is 3.67. The van der Waals surface area contributed by atoms with Crippen molar-refractivity contribution < 1.29 is 0 Å². The van der Waals surface area contributed by atoms with Gasteiger partial charge in [0.2, 0.25) is 0 Å². The molecule has 0 radical (unpaired) electrons. The van der Waals surface area contributed by atoms with Crippen LogP contribution in [0.3, 0.4) is 0 Å². The van der Waals surface area contributed by atoms with Crippen molar-refractivity contribution in [3.63, 3.8) is 0 Å². The summed E-state index contributed by atoms with van der Waals surface area (Å²) in [7, 11) is 0. The topological polar surface area (TPSA) is 39.1 Å². The Bertz CT molecular complexity index is 173. The summed E-state index contributed by atoms with van der Waals surface area (Å²) in [6, 6.07) is 2.63. The van der Waals surface area contributed by atoms with Crippen LogP contribution in [0.4, 0.5) is 0 Å². The Kier molecular flexibility index (Phi) is 4.81. The fraction of sp³-hybridized carbons (Fsp3) is 0.900. The summed E-state index contributed by atoms with van der Waals surface area (Å²) in [5.41, 5.74) is 0. The molecule has 1 heterocycles. The minimum Gasteiger partial charge on any atom is -0.312 e. The lowest BCUT2D eigenvalue weighted by Gasteiger charge is -2.22. The maximum absolute atomic E-state index is 8.62. The largest absolute Gasteiger partial charge is 0.312 e. The second-order valence-electron chi connectivity index (χ2n) is 3.67. The fourth-order valence-electron chi connectivity index (χ4n) is 1.84. The predicted molar refractivity (Wildman–Crippen MR) is 53.4 cm³/mol. The van der Waals surface area contributed by atoms with Crippen LogP contribution in [0.1, 0.15) is 26.2 Å². The van der Waals surface area contributed by atoms with Crippen LogP contribution in [0.5, 0.6) is 0 Å². The van der Waals surface area contributed by atoms with Crippen LogP contribution < -0.4 is 5.32 Å². The van der Waals surface area contributed by atoms with Gasteiger partial charge >= 0.3 is 0 Å². The monoisotopic (exact) mass is 181 g/mol. The Hall–Kier alpha value is -0.590. The average molecular weight is 181 g/mol. The molecule has 1 rings (SSSR count). The summed E-state index contributed by atoms with van der Waals surface area (Å²) in [5.74, 6) is 0. The van der Waals surface area contributed by atoms with Crippen molar-refractivity contribution in [3.05, 3.63) is 0 Å². The van der Waals surface area contributed by atoms with E-state index in [1.165, 1.54) is 25.9 Å². The van der Waals surface area contributed by atoms with Crippen LogP contribution in [0, 0.1) is 11.3 Å². The Balaban J connectivity index is 2.35. The van der Waals surface area contributed by atoms with Gasteiger partial charge in [0, 0.05) is 12.6 Å². The fourth-order valence-corrected chi connectivity index (χ4v) is 1.84. The molecule has 1 N–H and O–H groups in total. The third-order valence-corrected chi connectivity index (χ3v) is 2.44. The predicted octanol–water partition coefficient (Wildman–Crippen LogP) is 0.974. The van der Waals surface area contributed by atoms with Gasteiger partial charge in [-0.15, -0.1) is 0 Å². The normalized spacial score (nSPS) is 25.1. The molecule has 1 aliphatic rings. The smallest absolute Gasteiger partial charge is 0.0638 e. The molecule has 0 saturated carbocycles. The van der Waals surface area contributed by atoms with Gasteiger partial charge in [-0.1, -0.05) is 6.92 Å². The first kappa shape index (κ1) is 10.5. The maximum Gasteiger partial charge on any atom is 0.0638 e. The van der Waals surface area contributed by atoms with Crippen molar-refractivity contribution in [3.8, 4) is 6.07 Å². The summed E-state index contributed by atoms with van der Waals surface area (Å²) in [6.45, 7) is 6.66. The van der Waals surface area contributed by atoms with E-state index in [2.05, 4.69) is 23.2 Å². The molecule has 1 atom stereocenters. The quantitative estimate of drug-likeness (QED) is 0.705. The van der Waals surface area contributed by atoms with E-state index in [1.807, 2.05) is 0 Å². The van der Waals surface area contributed by atoms with E-state index < -0.39 is 0 Å². The second kappa shape index (κ2) is 5.95. The molecular formula is C10H19N3. The van der Waals surface area contributed by atoms with E-state index in [-0.39, 0.29) is 0 Å². The van der Waals surface area contributed by atoms with Crippen molar-refractivity contribution in [2.24, 2.45) is 0 Å². The molecular weight excluding hydrogens is 162 g/mol. The Morgan fingerprint density at radius 2 is 2.46 bits per heavy atom. The summed E-state index contributed by atoms with van der Waals surface area (Å²) in [4.78, 5) is 2.46. The Labute approximate surface area is 80.7 Å². The number of hydrogen-bond acceptors (Lipinski definition) is 3. The molecule has 0 amide bonds. The molecule has 74 valence electrons. The molecule has 1 aliphatic heterocycles. The van der Waals surface area contributed by atoms with Gasteiger partial charge in [0.1, 0.15) is 0 Å². The molecule has 1 unspecified atom stereocenters. The molecule has 0 aromatic rings. The van der Waals surface area contributed by atoms with Gasteiger partial charge in [0.25, 0.3) is 0 Å². The highest BCUT2D eigenvalue weighted by molar-refractivity contribution is 4.84. The van der Waals surface area contributed by atoms with Gasteiger partial charge in [0.05, 0.1) is 12.5 Å². The number of nitrogens with one attached hydrogen (secondary N) is 1. The first-order valence-corrected chi connectivity index (χ1v) is 5.19.